The third-order valence-corrected chi connectivity index (χ3v) is 3.78. The fourth-order valence-electron chi connectivity index (χ4n) is 2.78. The lowest BCUT2D eigenvalue weighted by Gasteiger charge is -2.34. The highest BCUT2D eigenvalue weighted by atomic mass is 16.5. The Balaban J connectivity index is 2.22. The van der Waals surface area contributed by atoms with E-state index in [9.17, 15) is 5.11 Å². The molecule has 1 saturated heterocycles. The molecular weight excluding hydrogens is 280 g/mol. The molecule has 1 heterocycles. The van der Waals surface area contributed by atoms with Crippen molar-refractivity contribution in [1.82, 2.24) is 10.2 Å². The number of nitrogens with one attached hydrogen (secondary N) is 1. The van der Waals surface area contributed by atoms with Crippen molar-refractivity contribution in [2.45, 2.75) is 32.9 Å². The van der Waals surface area contributed by atoms with Gasteiger partial charge < -0.3 is 19.9 Å². The first-order chi connectivity index (χ1) is 10.7. The zero-order chi connectivity index (χ0) is 15.9. The minimum atomic E-state index is 0.00871. The van der Waals surface area contributed by atoms with E-state index >= 15 is 0 Å². The summed E-state index contributed by atoms with van der Waals surface area (Å²) in [5.74, 6) is 1.51. The van der Waals surface area contributed by atoms with Crippen LogP contribution in [0.4, 0.5) is 0 Å². The number of aliphatic hydroxyl groups excluding tert-OH is 1. The van der Waals surface area contributed by atoms with Crippen LogP contribution >= 0.6 is 0 Å². The van der Waals surface area contributed by atoms with Crippen molar-refractivity contribution in [2.24, 2.45) is 0 Å². The predicted molar refractivity (Wildman–Crippen MR) is 87.6 cm³/mol. The van der Waals surface area contributed by atoms with E-state index in [1.165, 1.54) is 0 Å². The zero-order valence-electron chi connectivity index (χ0n) is 13.8. The van der Waals surface area contributed by atoms with Gasteiger partial charge in [0, 0.05) is 26.2 Å². The molecule has 1 aromatic carbocycles. The number of aliphatic hydroxyl groups is 1. The quantitative estimate of drug-likeness (QED) is 0.804. The molecule has 0 aliphatic carbocycles. The Labute approximate surface area is 133 Å². The number of rotatable bonds is 7. The van der Waals surface area contributed by atoms with E-state index in [-0.39, 0.29) is 18.8 Å². The summed E-state index contributed by atoms with van der Waals surface area (Å²) in [4.78, 5) is 2.31. The average molecular weight is 308 g/mol. The highest BCUT2D eigenvalue weighted by Crippen LogP contribution is 2.33. The fraction of sp³-hybridized carbons (Fsp3) is 0.647. The highest BCUT2D eigenvalue weighted by Gasteiger charge is 2.22. The molecule has 1 atom stereocenters. The minimum Gasteiger partial charge on any atom is -0.490 e. The second kappa shape index (κ2) is 8.36. The van der Waals surface area contributed by atoms with Crippen LogP contribution in [-0.4, -0.2) is 55.5 Å². The normalized spacial score (nSPS) is 17.5. The Hall–Kier alpha value is -1.30. The van der Waals surface area contributed by atoms with Crippen LogP contribution in [0.1, 0.15) is 32.4 Å². The SMILES string of the molecule is CCOc1cc(C(CO)N2CCNCC2)ccc1OC(C)C. The summed E-state index contributed by atoms with van der Waals surface area (Å²) >= 11 is 0. The van der Waals surface area contributed by atoms with Crippen molar-refractivity contribution in [3.8, 4) is 11.5 Å². The molecule has 1 aliphatic heterocycles. The van der Waals surface area contributed by atoms with E-state index in [1.54, 1.807) is 0 Å². The summed E-state index contributed by atoms with van der Waals surface area (Å²) in [6, 6.07) is 5.99. The van der Waals surface area contributed by atoms with Gasteiger partial charge in [-0.25, -0.2) is 0 Å². The summed E-state index contributed by atoms with van der Waals surface area (Å²) < 4.78 is 11.5. The maximum atomic E-state index is 9.83. The molecule has 0 radical (unpaired) electrons. The largest absolute Gasteiger partial charge is 0.490 e. The molecule has 124 valence electrons. The van der Waals surface area contributed by atoms with Crippen molar-refractivity contribution >= 4 is 0 Å². The summed E-state index contributed by atoms with van der Waals surface area (Å²) in [5.41, 5.74) is 1.07. The van der Waals surface area contributed by atoms with E-state index < -0.39 is 0 Å². The molecule has 1 fully saturated rings. The standard InChI is InChI=1S/C17H28N2O3/c1-4-21-17-11-14(5-6-16(17)22-13(2)3)15(12-20)19-9-7-18-8-10-19/h5-6,11,13,15,18,20H,4,7-10,12H2,1-3H3. The monoisotopic (exact) mass is 308 g/mol. The van der Waals surface area contributed by atoms with E-state index in [4.69, 9.17) is 9.47 Å². The summed E-state index contributed by atoms with van der Waals surface area (Å²) in [6.07, 6.45) is 0.104. The van der Waals surface area contributed by atoms with Crippen molar-refractivity contribution in [3.05, 3.63) is 23.8 Å². The molecule has 1 aliphatic rings. The van der Waals surface area contributed by atoms with Gasteiger partial charge in [0.2, 0.25) is 0 Å². The van der Waals surface area contributed by atoms with E-state index in [1.807, 2.05) is 39.0 Å². The first kappa shape index (κ1) is 17.1. The topological polar surface area (TPSA) is 54.0 Å². The third kappa shape index (κ3) is 4.35. The second-order valence-electron chi connectivity index (χ2n) is 5.79. The summed E-state index contributed by atoms with van der Waals surface area (Å²) in [6.45, 7) is 10.5. The number of hydrogen-bond donors (Lipinski definition) is 2. The molecular formula is C17H28N2O3. The molecule has 0 bridgehead atoms. The number of benzene rings is 1. The highest BCUT2D eigenvalue weighted by molar-refractivity contribution is 5.44. The fourth-order valence-corrected chi connectivity index (χ4v) is 2.78. The molecule has 0 spiro atoms. The maximum absolute atomic E-state index is 9.83. The van der Waals surface area contributed by atoms with Gasteiger partial charge in [0.1, 0.15) is 0 Å². The Morgan fingerprint density at radius 2 is 1.95 bits per heavy atom. The lowest BCUT2D eigenvalue weighted by Crippen LogP contribution is -2.46. The van der Waals surface area contributed by atoms with Crippen LogP contribution in [0.3, 0.4) is 0 Å². The third-order valence-electron chi connectivity index (χ3n) is 3.78. The molecule has 0 aromatic heterocycles. The molecule has 1 aromatic rings. The van der Waals surface area contributed by atoms with Gasteiger partial charge in [-0.3, -0.25) is 4.90 Å². The zero-order valence-corrected chi connectivity index (χ0v) is 13.8. The Morgan fingerprint density at radius 1 is 1.23 bits per heavy atom. The van der Waals surface area contributed by atoms with Crippen LogP contribution in [0.5, 0.6) is 11.5 Å². The van der Waals surface area contributed by atoms with Crippen LogP contribution in [0.25, 0.3) is 0 Å². The second-order valence-corrected chi connectivity index (χ2v) is 5.79. The van der Waals surface area contributed by atoms with Gasteiger partial charge in [0.05, 0.1) is 25.4 Å². The summed E-state index contributed by atoms with van der Waals surface area (Å²) in [5, 5.41) is 13.2. The molecule has 1 unspecified atom stereocenters. The molecule has 2 N–H and O–H groups in total. The van der Waals surface area contributed by atoms with Crippen LogP contribution < -0.4 is 14.8 Å². The van der Waals surface area contributed by atoms with Gasteiger partial charge in [-0.1, -0.05) is 6.07 Å². The Bertz CT molecular complexity index is 459. The van der Waals surface area contributed by atoms with Crippen LogP contribution in [0, 0.1) is 0 Å². The molecule has 5 nitrogen and oxygen atoms in total. The van der Waals surface area contributed by atoms with Gasteiger partial charge in [0.25, 0.3) is 0 Å². The van der Waals surface area contributed by atoms with Crippen molar-refractivity contribution in [2.75, 3.05) is 39.4 Å². The molecule has 5 heteroatoms. The molecule has 22 heavy (non-hydrogen) atoms. The number of hydrogen-bond acceptors (Lipinski definition) is 5. The van der Waals surface area contributed by atoms with Crippen LogP contribution in [-0.2, 0) is 0 Å². The van der Waals surface area contributed by atoms with Gasteiger partial charge in [-0.05, 0) is 38.5 Å². The van der Waals surface area contributed by atoms with Gasteiger partial charge >= 0.3 is 0 Å². The first-order valence-electron chi connectivity index (χ1n) is 8.14. The van der Waals surface area contributed by atoms with E-state index in [0.29, 0.717) is 6.61 Å². The van der Waals surface area contributed by atoms with E-state index in [0.717, 1.165) is 43.2 Å². The Kier molecular flexibility index (Phi) is 6.49. The van der Waals surface area contributed by atoms with Crippen LogP contribution in [0.2, 0.25) is 0 Å². The predicted octanol–water partition coefficient (Wildman–Crippen LogP) is 1.81. The van der Waals surface area contributed by atoms with Crippen LogP contribution in [0.15, 0.2) is 18.2 Å². The Morgan fingerprint density at radius 3 is 2.55 bits per heavy atom. The van der Waals surface area contributed by atoms with Gasteiger partial charge in [0.15, 0.2) is 11.5 Å². The smallest absolute Gasteiger partial charge is 0.161 e. The molecule has 2 rings (SSSR count). The van der Waals surface area contributed by atoms with Crippen molar-refractivity contribution < 1.29 is 14.6 Å². The minimum absolute atomic E-state index is 0.00871. The average Bonchev–Trinajstić information content (AvgIpc) is 2.51. The summed E-state index contributed by atoms with van der Waals surface area (Å²) in [7, 11) is 0. The lowest BCUT2D eigenvalue weighted by atomic mass is 10.0. The van der Waals surface area contributed by atoms with Gasteiger partial charge in [-0.2, -0.15) is 0 Å². The first-order valence-corrected chi connectivity index (χ1v) is 8.14. The number of nitrogens with zero attached hydrogens (tertiary/aromatic N) is 1. The van der Waals surface area contributed by atoms with Crippen molar-refractivity contribution in [3.63, 3.8) is 0 Å². The maximum Gasteiger partial charge on any atom is 0.161 e. The van der Waals surface area contributed by atoms with Gasteiger partial charge in [-0.15, -0.1) is 0 Å². The lowest BCUT2D eigenvalue weighted by molar-refractivity contribution is 0.110. The molecule has 0 saturated carbocycles. The molecule has 0 amide bonds. The van der Waals surface area contributed by atoms with E-state index in [2.05, 4.69) is 10.2 Å². The van der Waals surface area contributed by atoms with Crippen molar-refractivity contribution in [1.29, 1.82) is 0 Å². The number of piperazine rings is 1. The number of ether oxygens (including phenoxy) is 2.